The van der Waals surface area contributed by atoms with Crippen molar-refractivity contribution in [1.82, 2.24) is 24.5 Å². The Labute approximate surface area is 198 Å². The molecule has 0 radical (unpaired) electrons. The summed E-state index contributed by atoms with van der Waals surface area (Å²) in [5.74, 6) is -3.41. The quantitative estimate of drug-likeness (QED) is 0.429. The van der Waals surface area contributed by atoms with E-state index in [0.717, 1.165) is 4.57 Å². The Morgan fingerprint density at radius 3 is 2.71 bits per heavy atom. The first-order valence-corrected chi connectivity index (χ1v) is 10.4. The average molecular weight is 477 g/mol. The first-order valence-electron chi connectivity index (χ1n) is 10.4. The molecule has 1 aromatic carbocycles. The number of aryl methyl sites for hydroxylation is 1. The molecule has 11 nitrogen and oxygen atoms in total. The zero-order valence-electron chi connectivity index (χ0n) is 18.9. The van der Waals surface area contributed by atoms with Crippen molar-refractivity contribution in [3.8, 4) is 11.8 Å². The minimum absolute atomic E-state index is 0.130. The Morgan fingerprint density at radius 2 is 2.09 bits per heavy atom. The van der Waals surface area contributed by atoms with Crippen LogP contribution < -0.4 is 10.9 Å². The van der Waals surface area contributed by atoms with E-state index in [0.29, 0.717) is 11.1 Å². The molecular formula is C23H20FN7O4. The molecule has 2 N–H and O–H groups in total. The molecule has 0 saturated carbocycles. The number of nitriles is 1. The van der Waals surface area contributed by atoms with Gasteiger partial charge in [-0.3, -0.25) is 18.8 Å². The predicted molar refractivity (Wildman–Crippen MR) is 120 cm³/mol. The van der Waals surface area contributed by atoms with Crippen molar-refractivity contribution in [2.24, 2.45) is 14.1 Å². The lowest BCUT2D eigenvalue weighted by Crippen LogP contribution is -2.29. The molecule has 3 aromatic heterocycles. The van der Waals surface area contributed by atoms with Crippen LogP contribution in [-0.4, -0.2) is 35.5 Å². The standard InChI is InChI=1S/C23H20FN7O4/c1-12(18(14-8-26-30(2)10-14)17-6-15(24)5-4-13(17)7-25)21-29-19(20(32)23(34)31(21)3)22(33)28-16-9-27-35-11-16/h4-6,8-12,18,32H,1-3H3,(H,28,33)/t12-,18+/m1/s1. The number of nitrogens with zero attached hydrogens (tertiary/aromatic N) is 6. The van der Waals surface area contributed by atoms with Crippen molar-refractivity contribution < 1.29 is 18.8 Å². The number of amides is 1. The minimum Gasteiger partial charge on any atom is -0.501 e. The third kappa shape index (κ3) is 4.39. The Bertz CT molecular complexity index is 1500. The van der Waals surface area contributed by atoms with Crippen LogP contribution in [-0.2, 0) is 14.1 Å². The van der Waals surface area contributed by atoms with Crippen LogP contribution in [0.15, 0.2) is 52.4 Å². The van der Waals surface area contributed by atoms with Gasteiger partial charge in [0.05, 0.1) is 24.0 Å². The summed E-state index contributed by atoms with van der Waals surface area (Å²) in [6.45, 7) is 1.73. The summed E-state index contributed by atoms with van der Waals surface area (Å²) in [5.41, 5.74) is 0.105. The maximum atomic E-state index is 14.3. The molecule has 0 bridgehead atoms. The van der Waals surface area contributed by atoms with Gasteiger partial charge < -0.3 is 14.9 Å². The molecule has 1 amide bonds. The number of rotatable bonds is 6. The number of carbonyl (C=O) groups is 1. The highest BCUT2D eigenvalue weighted by Crippen LogP contribution is 2.39. The second-order valence-electron chi connectivity index (χ2n) is 7.96. The van der Waals surface area contributed by atoms with Gasteiger partial charge in [-0.05, 0) is 29.3 Å². The van der Waals surface area contributed by atoms with Crippen molar-refractivity contribution in [1.29, 1.82) is 5.26 Å². The predicted octanol–water partition coefficient (Wildman–Crippen LogP) is 2.41. The molecule has 0 spiro atoms. The summed E-state index contributed by atoms with van der Waals surface area (Å²) in [4.78, 5) is 29.9. The van der Waals surface area contributed by atoms with Crippen LogP contribution in [0.1, 0.15) is 51.8 Å². The lowest BCUT2D eigenvalue weighted by Gasteiger charge is -2.26. The van der Waals surface area contributed by atoms with Crippen molar-refractivity contribution in [2.45, 2.75) is 18.8 Å². The van der Waals surface area contributed by atoms with Gasteiger partial charge in [0.15, 0.2) is 5.69 Å². The lowest BCUT2D eigenvalue weighted by molar-refractivity contribution is 0.101. The summed E-state index contributed by atoms with van der Waals surface area (Å²) < 4.78 is 21.6. The molecule has 0 saturated heterocycles. The van der Waals surface area contributed by atoms with Gasteiger partial charge in [-0.25, -0.2) is 9.37 Å². The molecule has 4 aromatic rings. The van der Waals surface area contributed by atoms with Crippen molar-refractivity contribution in [3.63, 3.8) is 0 Å². The fourth-order valence-electron chi connectivity index (χ4n) is 4.01. The zero-order valence-corrected chi connectivity index (χ0v) is 18.9. The highest BCUT2D eigenvalue weighted by atomic mass is 19.1. The summed E-state index contributed by atoms with van der Waals surface area (Å²) in [7, 11) is 3.11. The largest absolute Gasteiger partial charge is 0.501 e. The molecule has 35 heavy (non-hydrogen) atoms. The molecule has 0 unspecified atom stereocenters. The van der Waals surface area contributed by atoms with Crippen LogP contribution in [0.25, 0.3) is 0 Å². The number of carbonyl (C=O) groups excluding carboxylic acids is 1. The zero-order chi connectivity index (χ0) is 25.3. The Hall–Kier alpha value is -4.79. The minimum atomic E-state index is -0.849. The fourth-order valence-corrected chi connectivity index (χ4v) is 4.01. The van der Waals surface area contributed by atoms with E-state index >= 15 is 0 Å². The van der Waals surface area contributed by atoms with E-state index in [1.807, 2.05) is 0 Å². The van der Waals surface area contributed by atoms with Gasteiger partial charge in [0.1, 0.15) is 23.6 Å². The highest BCUT2D eigenvalue weighted by Gasteiger charge is 2.31. The van der Waals surface area contributed by atoms with Gasteiger partial charge in [0.2, 0.25) is 5.75 Å². The molecular weight excluding hydrogens is 457 g/mol. The Kier molecular flexibility index (Phi) is 6.16. The third-order valence-electron chi connectivity index (χ3n) is 5.67. The molecule has 12 heteroatoms. The summed E-state index contributed by atoms with van der Waals surface area (Å²) >= 11 is 0. The summed E-state index contributed by atoms with van der Waals surface area (Å²) in [6, 6.07) is 5.89. The van der Waals surface area contributed by atoms with Crippen LogP contribution >= 0.6 is 0 Å². The molecule has 178 valence electrons. The van der Waals surface area contributed by atoms with Gasteiger partial charge in [-0.15, -0.1) is 0 Å². The molecule has 0 aliphatic carbocycles. The van der Waals surface area contributed by atoms with E-state index < -0.39 is 40.6 Å². The number of nitrogens with one attached hydrogen (secondary N) is 1. The maximum absolute atomic E-state index is 14.3. The number of hydrogen-bond donors (Lipinski definition) is 2. The number of halogens is 1. The van der Waals surface area contributed by atoms with Crippen molar-refractivity contribution >= 4 is 11.6 Å². The SMILES string of the molecule is C[C@@H](c1nc(C(=O)Nc2cnoc2)c(O)c(=O)n1C)[C@@H](c1cnn(C)c1)c1cc(F)ccc1C#N. The topological polar surface area (TPSA) is 152 Å². The van der Waals surface area contributed by atoms with E-state index in [1.165, 1.54) is 37.7 Å². The van der Waals surface area contributed by atoms with Crippen LogP contribution in [0.4, 0.5) is 10.1 Å². The molecule has 0 aliphatic rings. The molecule has 0 aliphatic heterocycles. The number of aromatic nitrogens is 5. The normalized spacial score (nSPS) is 12.7. The highest BCUT2D eigenvalue weighted by molar-refractivity contribution is 6.04. The lowest BCUT2D eigenvalue weighted by atomic mass is 9.80. The van der Waals surface area contributed by atoms with Gasteiger partial charge >= 0.3 is 0 Å². The van der Waals surface area contributed by atoms with E-state index in [1.54, 1.807) is 31.0 Å². The van der Waals surface area contributed by atoms with Crippen LogP contribution in [0.3, 0.4) is 0 Å². The number of aromatic hydroxyl groups is 1. The van der Waals surface area contributed by atoms with Crippen molar-refractivity contribution in [2.75, 3.05) is 5.32 Å². The van der Waals surface area contributed by atoms with E-state index in [9.17, 15) is 24.3 Å². The number of anilines is 1. The Balaban J connectivity index is 1.87. The molecule has 2 atom stereocenters. The van der Waals surface area contributed by atoms with E-state index in [4.69, 9.17) is 0 Å². The number of hydrogen-bond acceptors (Lipinski definition) is 8. The van der Waals surface area contributed by atoms with Gasteiger partial charge in [-0.2, -0.15) is 10.4 Å². The first kappa shape index (κ1) is 23.4. The van der Waals surface area contributed by atoms with E-state index in [2.05, 4.69) is 31.1 Å². The Morgan fingerprint density at radius 1 is 1.31 bits per heavy atom. The van der Waals surface area contributed by atoms with Crippen molar-refractivity contribution in [3.05, 3.63) is 87.4 Å². The average Bonchev–Trinajstić information content (AvgIpc) is 3.49. The summed E-state index contributed by atoms with van der Waals surface area (Å²) in [6.07, 6.45) is 5.70. The van der Waals surface area contributed by atoms with Crippen LogP contribution in [0.2, 0.25) is 0 Å². The van der Waals surface area contributed by atoms with E-state index in [-0.39, 0.29) is 17.1 Å². The van der Waals surface area contributed by atoms with Gasteiger partial charge in [-0.1, -0.05) is 12.1 Å². The third-order valence-corrected chi connectivity index (χ3v) is 5.67. The van der Waals surface area contributed by atoms with Gasteiger partial charge in [0, 0.05) is 32.1 Å². The number of benzene rings is 1. The van der Waals surface area contributed by atoms with Crippen LogP contribution in [0, 0.1) is 17.1 Å². The van der Waals surface area contributed by atoms with Crippen LogP contribution in [0.5, 0.6) is 5.75 Å². The molecule has 3 heterocycles. The summed E-state index contributed by atoms with van der Waals surface area (Å²) in [5, 5.41) is 30.2. The molecule has 4 rings (SSSR count). The second kappa shape index (κ2) is 9.22. The van der Waals surface area contributed by atoms with Gasteiger partial charge in [0.25, 0.3) is 11.5 Å². The molecule has 0 fully saturated rings. The fraction of sp³-hybridized carbons (Fsp3) is 0.217. The second-order valence-corrected chi connectivity index (χ2v) is 7.96. The monoisotopic (exact) mass is 477 g/mol. The first-order chi connectivity index (χ1) is 16.7. The smallest absolute Gasteiger partial charge is 0.296 e. The maximum Gasteiger partial charge on any atom is 0.296 e.